The quantitative estimate of drug-likeness (QED) is 0.738. The van der Waals surface area contributed by atoms with Crippen LogP contribution in [0.2, 0.25) is 5.02 Å². The molecular formula is C18H15ClN4O. The lowest BCUT2D eigenvalue weighted by Gasteiger charge is -2.08. The molecule has 3 aromatic rings. The molecule has 0 aliphatic carbocycles. The molecule has 0 aliphatic heterocycles. The van der Waals surface area contributed by atoms with Crippen molar-refractivity contribution in [3.8, 4) is 0 Å². The van der Waals surface area contributed by atoms with Crippen LogP contribution in [0.25, 0.3) is 0 Å². The Morgan fingerprint density at radius 1 is 1.08 bits per heavy atom. The lowest BCUT2D eigenvalue weighted by atomic mass is 10.2. The number of carbonyl (C=O) groups is 1. The van der Waals surface area contributed by atoms with Gasteiger partial charge in [0.25, 0.3) is 5.91 Å². The lowest BCUT2D eigenvalue weighted by Crippen LogP contribution is -2.12. The van der Waals surface area contributed by atoms with Gasteiger partial charge in [-0.25, -0.2) is 4.98 Å². The molecule has 0 spiro atoms. The summed E-state index contributed by atoms with van der Waals surface area (Å²) in [5.74, 6) is 0.230. The largest absolute Gasteiger partial charge is 0.380 e. The molecule has 1 aromatic carbocycles. The summed E-state index contributed by atoms with van der Waals surface area (Å²) < 4.78 is 0. The smallest absolute Gasteiger partial charge is 0.256 e. The van der Waals surface area contributed by atoms with Gasteiger partial charge in [0.2, 0.25) is 0 Å². The van der Waals surface area contributed by atoms with Crippen LogP contribution >= 0.6 is 11.6 Å². The van der Waals surface area contributed by atoms with Crippen molar-refractivity contribution in [1.82, 2.24) is 9.97 Å². The average Bonchev–Trinajstić information content (AvgIpc) is 2.62. The Morgan fingerprint density at radius 2 is 2.00 bits per heavy atom. The van der Waals surface area contributed by atoms with Crippen LogP contribution in [0.5, 0.6) is 0 Å². The number of nitrogens with zero attached hydrogens (tertiary/aromatic N) is 2. The molecule has 2 N–H and O–H groups in total. The zero-order valence-corrected chi connectivity index (χ0v) is 13.5. The summed E-state index contributed by atoms with van der Waals surface area (Å²) in [6.45, 7) is 0.656. The molecule has 0 fully saturated rings. The van der Waals surface area contributed by atoms with Gasteiger partial charge in [-0.1, -0.05) is 23.7 Å². The molecule has 24 heavy (non-hydrogen) atoms. The Bertz CT molecular complexity index is 822. The van der Waals surface area contributed by atoms with E-state index in [-0.39, 0.29) is 5.91 Å². The summed E-state index contributed by atoms with van der Waals surface area (Å²) >= 11 is 5.89. The van der Waals surface area contributed by atoms with E-state index in [0.717, 1.165) is 11.3 Å². The summed E-state index contributed by atoms with van der Waals surface area (Å²) in [6.07, 6.45) is 5.21. The standard InChI is InChI=1S/C18H15ClN4O/c19-15-5-1-4-14(9-15)18(24)23-17-7-6-16(12-22-17)21-11-13-3-2-8-20-10-13/h1-10,12,21H,11H2,(H,22,23,24). The number of nitrogens with one attached hydrogen (secondary N) is 2. The molecule has 0 saturated carbocycles. The third kappa shape index (κ3) is 4.30. The van der Waals surface area contributed by atoms with Crippen LogP contribution in [-0.2, 0) is 6.54 Å². The Balaban J connectivity index is 1.59. The number of carbonyl (C=O) groups excluding carboxylic acids is 1. The molecule has 5 nitrogen and oxygen atoms in total. The number of benzene rings is 1. The predicted molar refractivity (Wildman–Crippen MR) is 95.2 cm³/mol. The van der Waals surface area contributed by atoms with E-state index in [1.165, 1.54) is 0 Å². The first-order valence-electron chi connectivity index (χ1n) is 7.36. The zero-order valence-electron chi connectivity index (χ0n) is 12.7. The second kappa shape index (κ2) is 7.57. The first-order valence-corrected chi connectivity index (χ1v) is 7.74. The van der Waals surface area contributed by atoms with E-state index in [1.807, 2.05) is 18.2 Å². The van der Waals surface area contributed by atoms with E-state index in [4.69, 9.17) is 11.6 Å². The maximum Gasteiger partial charge on any atom is 0.256 e. The highest BCUT2D eigenvalue weighted by atomic mass is 35.5. The van der Waals surface area contributed by atoms with Gasteiger partial charge in [0, 0.05) is 29.5 Å². The second-order valence-corrected chi connectivity index (χ2v) is 5.55. The summed E-state index contributed by atoms with van der Waals surface area (Å²) in [7, 11) is 0. The summed E-state index contributed by atoms with van der Waals surface area (Å²) in [6, 6.07) is 14.3. The minimum absolute atomic E-state index is 0.249. The highest BCUT2D eigenvalue weighted by molar-refractivity contribution is 6.31. The number of halogens is 1. The SMILES string of the molecule is O=C(Nc1ccc(NCc2cccnc2)cn1)c1cccc(Cl)c1. The van der Waals surface area contributed by atoms with Gasteiger partial charge in [0.15, 0.2) is 0 Å². The number of hydrogen-bond donors (Lipinski definition) is 2. The van der Waals surface area contributed by atoms with E-state index in [9.17, 15) is 4.79 Å². The molecule has 6 heteroatoms. The summed E-state index contributed by atoms with van der Waals surface area (Å²) in [5, 5.41) is 6.51. The molecule has 1 amide bonds. The van der Waals surface area contributed by atoms with E-state index in [0.29, 0.717) is 22.9 Å². The van der Waals surface area contributed by atoms with Crippen LogP contribution in [0.1, 0.15) is 15.9 Å². The van der Waals surface area contributed by atoms with Crippen LogP contribution in [0, 0.1) is 0 Å². The fourth-order valence-corrected chi connectivity index (χ4v) is 2.29. The van der Waals surface area contributed by atoms with Crippen molar-refractivity contribution in [3.63, 3.8) is 0 Å². The normalized spacial score (nSPS) is 10.2. The molecule has 0 unspecified atom stereocenters. The first kappa shape index (κ1) is 16.0. The number of hydrogen-bond acceptors (Lipinski definition) is 4. The van der Waals surface area contributed by atoms with E-state index >= 15 is 0 Å². The Hall–Kier alpha value is -2.92. The maximum absolute atomic E-state index is 12.1. The van der Waals surface area contributed by atoms with Crippen molar-refractivity contribution in [1.29, 1.82) is 0 Å². The first-order chi connectivity index (χ1) is 11.7. The maximum atomic E-state index is 12.1. The molecule has 0 aliphatic rings. The minimum Gasteiger partial charge on any atom is -0.380 e. The molecule has 0 atom stereocenters. The number of pyridine rings is 2. The van der Waals surface area contributed by atoms with Crippen LogP contribution in [0.3, 0.4) is 0 Å². The second-order valence-electron chi connectivity index (χ2n) is 5.11. The van der Waals surface area contributed by atoms with Crippen LogP contribution < -0.4 is 10.6 Å². The molecule has 0 bridgehead atoms. The molecule has 3 rings (SSSR count). The topological polar surface area (TPSA) is 66.9 Å². The molecule has 120 valence electrons. The van der Waals surface area contributed by atoms with Crippen molar-refractivity contribution in [3.05, 3.63) is 83.3 Å². The van der Waals surface area contributed by atoms with Gasteiger partial charge in [-0.2, -0.15) is 0 Å². The number of rotatable bonds is 5. The van der Waals surface area contributed by atoms with Crippen LogP contribution in [0.4, 0.5) is 11.5 Å². The molecule has 0 saturated heterocycles. The Kier molecular flexibility index (Phi) is 5.03. The van der Waals surface area contributed by atoms with Gasteiger partial charge >= 0.3 is 0 Å². The fourth-order valence-electron chi connectivity index (χ4n) is 2.10. The van der Waals surface area contributed by atoms with E-state index < -0.39 is 0 Å². The molecular weight excluding hydrogens is 324 g/mol. The number of anilines is 2. The monoisotopic (exact) mass is 338 g/mol. The van der Waals surface area contributed by atoms with Crippen molar-refractivity contribution in [2.75, 3.05) is 10.6 Å². The predicted octanol–water partition coefficient (Wildman–Crippen LogP) is 3.99. The van der Waals surface area contributed by atoms with Crippen molar-refractivity contribution in [2.24, 2.45) is 0 Å². The summed E-state index contributed by atoms with van der Waals surface area (Å²) in [4.78, 5) is 20.4. The van der Waals surface area contributed by atoms with Gasteiger partial charge in [0.1, 0.15) is 5.82 Å². The lowest BCUT2D eigenvalue weighted by molar-refractivity contribution is 0.102. The van der Waals surface area contributed by atoms with Crippen LogP contribution in [0.15, 0.2) is 67.1 Å². The molecule has 2 heterocycles. The summed E-state index contributed by atoms with van der Waals surface area (Å²) in [5.41, 5.74) is 2.43. The van der Waals surface area contributed by atoms with Gasteiger partial charge in [-0.15, -0.1) is 0 Å². The van der Waals surface area contributed by atoms with E-state index in [2.05, 4.69) is 20.6 Å². The average molecular weight is 339 g/mol. The number of aromatic nitrogens is 2. The fraction of sp³-hybridized carbons (Fsp3) is 0.0556. The van der Waals surface area contributed by atoms with Crippen molar-refractivity contribution in [2.45, 2.75) is 6.54 Å². The minimum atomic E-state index is -0.249. The van der Waals surface area contributed by atoms with Crippen molar-refractivity contribution < 1.29 is 4.79 Å². The van der Waals surface area contributed by atoms with Gasteiger partial charge in [-0.05, 0) is 42.0 Å². The highest BCUT2D eigenvalue weighted by Crippen LogP contribution is 2.14. The van der Waals surface area contributed by atoms with Gasteiger partial charge in [0.05, 0.1) is 11.9 Å². The van der Waals surface area contributed by atoms with E-state index in [1.54, 1.807) is 48.9 Å². The zero-order chi connectivity index (χ0) is 16.8. The highest BCUT2D eigenvalue weighted by Gasteiger charge is 2.07. The van der Waals surface area contributed by atoms with Crippen molar-refractivity contribution >= 4 is 29.0 Å². The Morgan fingerprint density at radius 3 is 2.71 bits per heavy atom. The molecule has 2 aromatic heterocycles. The third-order valence-electron chi connectivity index (χ3n) is 3.31. The third-order valence-corrected chi connectivity index (χ3v) is 3.55. The van der Waals surface area contributed by atoms with Gasteiger partial charge < -0.3 is 10.6 Å². The Labute approximate surface area is 144 Å². The van der Waals surface area contributed by atoms with Gasteiger partial charge in [-0.3, -0.25) is 9.78 Å². The molecule has 0 radical (unpaired) electrons. The number of amides is 1. The van der Waals surface area contributed by atoms with Crippen LogP contribution in [-0.4, -0.2) is 15.9 Å².